The van der Waals surface area contributed by atoms with Crippen LogP contribution in [-0.4, -0.2) is 67.3 Å². The van der Waals surface area contributed by atoms with Gasteiger partial charge < -0.3 is 40.6 Å². The molecular formula is C19H29N7O4. The predicted molar refractivity (Wildman–Crippen MR) is 114 cm³/mol. The minimum absolute atomic E-state index is 0.176. The molecule has 30 heavy (non-hydrogen) atoms. The van der Waals surface area contributed by atoms with Crippen LogP contribution in [0.15, 0.2) is 18.2 Å². The summed E-state index contributed by atoms with van der Waals surface area (Å²) in [6.07, 6.45) is 0. The van der Waals surface area contributed by atoms with E-state index >= 15 is 0 Å². The number of nitrogens with two attached hydrogens (primary N) is 1. The van der Waals surface area contributed by atoms with Crippen LogP contribution < -0.4 is 31.2 Å². The smallest absolute Gasteiger partial charge is 0.233 e. The van der Waals surface area contributed by atoms with Crippen LogP contribution in [0.3, 0.4) is 0 Å². The summed E-state index contributed by atoms with van der Waals surface area (Å²) in [7, 11) is 0. The van der Waals surface area contributed by atoms with Gasteiger partial charge in [-0.2, -0.15) is 15.0 Å². The molecule has 0 radical (unpaired) electrons. The molecule has 0 unspecified atom stereocenters. The number of benzene rings is 1. The van der Waals surface area contributed by atoms with Crippen molar-refractivity contribution in [1.29, 1.82) is 0 Å². The molecule has 2 heterocycles. The lowest BCUT2D eigenvalue weighted by Gasteiger charge is -2.13. The first-order valence-corrected chi connectivity index (χ1v) is 9.93. The van der Waals surface area contributed by atoms with Crippen molar-refractivity contribution in [1.82, 2.24) is 15.0 Å². The molecule has 1 aromatic heterocycles. The number of nitrogens with one attached hydrogen (secondary N) is 3. The minimum Gasteiger partial charge on any atom is -0.454 e. The molecule has 2 aromatic rings. The van der Waals surface area contributed by atoms with Crippen LogP contribution in [0.1, 0.15) is 13.8 Å². The fourth-order valence-electron chi connectivity index (χ4n) is 2.58. The summed E-state index contributed by atoms with van der Waals surface area (Å²) in [5, 5.41) is 9.54. The number of fused-ring (bicyclic) bond motifs is 1. The van der Waals surface area contributed by atoms with Crippen molar-refractivity contribution >= 4 is 23.5 Å². The average molecular weight is 419 g/mol. The van der Waals surface area contributed by atoms with Gasteiger partial charge in [0.15, 0.2) is 11.5 Å². The van der Waals surface area contributed by atoms with Gasteiger partial charge in [0, 0.05) is 30.9 Å². The maximum Gasteiger partial charge on any atom is 0.233 e. The molecule has 3 rings (SSSR count). The molecule has 164 valence electrons. The number of aromatic nitrogens is 3. The number of hydrogen-bond acceptors (Lipinski definition) is 11. The van der Waals surface area contributed by atoms with E-state index in [0.29, 0.717) is 68.9 Å². The van der Waals surface area contributed by atoms with Crippen LogP contribution in [0.4, 0.5) is 23.5 Å². The van der Waals surface area contributed by atoms with Crippen LogP contribution in [0.25, 0.3) is 0 Å². The number of hydrogen-bond donors (Lipinski definition) is 4. The number of anilines is 4. The second-order valence-electron chi connectivity index (χ2n) is 6.74. The van der Waals surface area contributed by atoms with Crippen molar-refractivity contribution in [3.05, 3.63) is 18.2 Å². The average Bonchev–Trinajstić information content (AvgIpc) is 3.17. The molecule has 0 saturated carbocycles. The van der Waals surface area contributed by atoms with Gasteiger partial charge in [0.1, 0.15) is 0 Å². The number of nitrogens with zero attached hydrogens (tertiary/aromatic N) is 3. The minimum atomic E-state index is 0.176. The quantitative estimate of drug-likeness (QED) is 0.352. The summed E-state index contributed by atoms with van der Waals surface area (Å²) in [5.74, 6) is 2.72. The van der Waals surface area contributed by atoms with E-state index in [1.807, 2.05) is 32.0 Å². The third-order valence-electron chi connectivity index (χ3n) is 3.85. The second kappa shape index (κ2) is 11.3. The SMILES string of the molecule is CC(C)Nc1nc(NCCOCCOCCN)nc(Nc2ccc3c(c2)OCO3)n1. The normalized spacial score (nSPS) is 12.3. The topological polar surface area (TPSA) is 138 Å². The lowest BCUT2D eigenvalue weighted by molar-refractivity contribution is 0.0547. The molecule has 1 aromatic carbocycles. The molecule has 0 aliphatic carbocycles. The summed E-state index contributed by atoms with van der Waals surface area (Å²) in [6.45, 7) is 7.38. The van der Waals surface area contributed by atoms with Crippen LogP contribution in [0.2, 0.25) is 0 Å². The van der Waals surface area contributed by atoms with Crippen LogP contribution in [0.5, 0.6) is 11.5 Å². The van der Waals surface area contributed by atoms with Crippen LogP contribution in [0, 0.1) is 0 Å². The molecule has 11 nitrogen and oxygen atoms in total. The highest BCUT2D eigenvalue weighted by Crippen LogP contribution is 2.34. The highest BCUT2D eigenvalue weighted by Gasteiger charge is 2.14. The van der Waals surface area contributed by atoms with Gasteiger partial charge >= 0.3 is 0 Å². The molecule has 0 spiro atoms. The Hall–Kier alpha value is -2.89. The summed E-state index contributed by atoms with van der Waals surface area (Å²) in [6, 6.07) is 5.73. The number of rotatable bonds is 13. The Bertz CT molecular complexity index is 806. The van der Waals surface area contributed by atoms with E-state index < -0.39 is 0 Å². The number of ether oxygens (including phenoxy) is 4. The summed E-state index contributed by atoms with van der Waals surface area (Å²) in [5.41, 5.74) is 6.15. The third kappa shape index (κ3) is 6.87. The van der Waals surface area contributed by atoms with Gasteiger partial charge in [-0.3, -0.25) is 0 Å². The van der Waals surface area contributed by atoms with Crippen LogP contribution in [-0.2, 0) is 9.47 Å². The van der Waals surface area contributed by atoms with E-state index in [4.69, 9.17) is 24.7 Å². The Balaban J connectivity index is 1.57. The maximum absolute atomic E-state index is 5.51. The first kappa shape index (κ1) is 21.8. The van der Waals surface area contributed by atoms with Crippen molar-refractivity contribution < 1.29 is 18.9 Å². The third-order valence-corrected chi connectivity index (χ3v) is 3.85. The molecular weight excluding hydrogens is 390 g/mol. The van der Waals surface area contributed by atoms with E-state index in [2.05, 4.69) is 30.9 Å². The zero-order chi connectivity index (χ0) is 21.2. The molecule has 1 aliphatic heterocycles. The zero-order valence-corrected chi connectivity index (χ0v) is 17.3. The van der Waals surface area contributed by atoms with Crippen molar-refractivity contribution in [2.75, 3.05) is 62.3 Å². The highest BCUT2D eigenvalue weighted by molar-refractivity contribution is 5.61. The fraction of sp³-hybridized carbons (Fsp3) is 0.526. The monoisotopic (exact) mass is 419 g/mol. The lowest BCUT2D eigenvalue weighted by atomic mass is 10.3. The first-order valence-electron chi connectivity index (χ1n) is 9.93. The second-order valence-corrected chi connectivity index (χ2v) is 6.74. The van der Waals surface area contributed by atoms with E-state index in [9.17, 15) is 0 Å². The molecule has 0 saturated heterocycles. The first-order chi connectivity index (χ1) is 14.6. The Kier molecular flexibility index (Phi) is 8.24. The summed E-state index contributed by atoms with van der Waals surface area (Å²) in [4.78, 5) is 13.3. The summed E-state index contributed by atoms with van der Waals surface area (Å²) >= 11 is 0. The standard InChI is InChI=1S/C19H29N7O4/c1-13(2)22-18-24-17(21-6-8-28-10-9-27-7-5-20)25-19(26-18)23-14-3-4-15-16(11-14)30-12-29-15/h3-4,11,13H,5-10,12,20H2,1-2H3,(H3,21,22,23,24,25,26). The fourth-order valence-corrected chi connectivity index (χ4v) is 2.58. The highest BCUT2D eigenvalue weighted by atomic mass is 16.7. The van der Waals surface area contributed by atoms with Gasteiger partial charge in [-0.25, -0.2) is 0 Å². The van der Waals surface area contributed by atoms with Crippen molar-refractivity contribution in [3.8, 4) is 11.5 Å². The largest absolute Gasteiger partial charge is 0.454 e. The molecule has 0 fully saturated rings. The zero-order valence-electron chi connectivity index (χ0n) is 17.3. The van der Waals surface area contributed by atoms with Gasteiger partial charge in [-0.1, -0.05) is 0 Å². The maximum atomic E-state index is 5.51. The van der Waals surface area contributed by atoms with E-state index in [1.54, 1.807) is 0 Å². The van der Waals surface area contributed by atoms with Crippen LogP contribution >= 0.6 is 0 Å². The predicted octanol–water partition coefficient (Wildman–Crippen LogP) is 1.57. The molecule has 0 bridgehead atoms. The van der Waals surface area contributed by atoms with Crippen molar-refractivity contribution in [3.63, 3.8) is 0 Å². The lowest BCUT2D eigenvalue weighted by Crippen LogP contribution is -2.18. The molecule has 11 heteroatoms. The molecule has 0 amide bonds. The van der Waals surface area contributed by atoms with Gasteiger partial charge in [0.2, 0.25) is 24.6 Å². The molecule has 1 aliphatic rings. The van der Waals surface area contributed by atoms with Crippen molar-refractivity contribution in [2.24, 2.45) is 5.73 Å². The Morgan fingerprint density at radius 1 is 0.967 bits per heavy atom. The van der Waals surface area contributed by atoms with Crippen molar-refractivity contribution in [2.45, 2.75) is 19.9 Å². The van der Waals surface area contributed by atoms with E-state index in [0.717, 1.165) is 5.69 Å². The summed E-state index contributed by atoms with van der Waals surface area (Å²) < 4.78 is 21.5. The van der Waals surface area contributed by atoms with Gasteiger partial charge in [-0.05, 0) is 26.0 Å². The van der Waals surface area contributed by atoms with Gasteiger partial charge in [0.25, 0.3) is 0 Å². The molecule has 0 atom stereocenters. The van der Waals surface area contributed by atoms with E-state index in [-0.39, 0.29) is 12.8 Å². The Morgan fingerprint density at radius 3 is 2.50 bits per heavy atom. The Morgan fingerprint density at radius 2 is 1.70 bits per heavy atom. The van der Waals surface area contributed by atoms with Gasteiger partial charge in [0.05, 0.1) is 26.4 Å². The Labute approximate surface area is 175 Å². The van der Waals surface area contributed by atoms with Gasteiger partial charge in [-0.15, -0.1) is 0 Å². The molecule has 5 N–H and O–H groups in total. The van der Waals surface area contributed by atoms with E-state index in [1.165, 1.54) is 0 Å².